The highest BCUT2D eigenvalue weighted by Gasteiger charge is 2.13. The van der Waals surface area contributed by atoms with Crippen molar-refractivity contribution in [3.05, 3.63) is 78.1 Å². The van der Waals surface area contributed by atoms with Gasteiger partial charge in [-0.2, -0.15) is 0 Å². The summed E-state index contributed by atoms with van der Waals surface area (Å²) in [6.45, 7) is 0. The van der Waals surface area contributed by atoms with Crippen LogP contribution < -0.4 is 0 Å². The molecule has 0 aliphatic carbocycles. The molecule has 3 rings (SSSR count). The lowest BCUT2D eigenvalue weighted by atomic mass is 9.99. The molecule has 0 N–H and O–H groups in total. The van der Waals surface area contributed by atoms with Gasteiger partial charge in [-0.05, 0) is 18.2 Å². The van der Waals surface area contributed by atoms with E-state index < -0.39 is 0 Å². The van der Waals surface area contributed by atoms with E-state index in [-0.39, 0.29) is 17.5 Å². The second kappa shape index (κ2) is 6.24. The van der Waals surface area contributed by atoms with Crippen LogP contribution in [0.25, 0.3) is 22.3 Å². The van der Waals surface area contributed by atoms with Crippen LogP contribution in [0.1, 0.15) is 5.69 Å². The molecule has 22 heavy (non-hydrogen) atoms. The third-order valence-corrected chi connectivity index (χ3v) is 3.70. The Morgan fingerprint density at radius 3 is 2.00 bits per heavy atom. The Labute approximate surface area is 132 Å². The van der Waals surface area contributed by atoms with E-state index in [1.165, 1.54) is 12.1 Å². The van der Waals surface area contributed by atoms with E-state index >= 15 is 0 Å². The highest BCUT2D eigenvalue weighted by atomic mass is 35.5. The Hall–Kier alpha value is -2.26. The number of alkyl halides is 1. The summed E-state index contributed by atoms with van der Waals surface area (Å²) < 4.78 is 28.0. The van der Waals surface area contributed by atoms with Crippen molar-refractivity contribution < 1.29 is 8.78 Å². The van der Waals surface area contributed by atoms with Crippen LogP contribution in [-0.2, 0) is 5.88 Å². The highest BCUT2D eigenvalue weighted by Crippen LogP contribution is 2.31. The first-order valence-electron chi connectivity index (χ1n) is 6.75. The maximum absolute atomic E-state index is 14.1. The molecule has 0 saturated heterocycles. The lowest BCUT2D eigenvalue weighted by Crippen LogP contribution is -1.95. The first kappa shape index (κ1) is 14.7. The van der Waals surface area contributed by atoms with Crippen LogP contribution in [0.15, 0.2) is 60.8 Å². The quantitative estimate of drug-likeness (QED) is 0.587. The van der Waals surface area contributed by atoms with Crippen LogP contribution in [0.3, 0.4) is 0 Å². The molecule has 0 unspecified atom stereocenters. The van der Waals surface area contributed by atoms with Crippen LogP contribution in [0.2, 0.25) is 0 Å². The number of halogens is 3. The third kappa shape index (κ3) is 2.72. The lowest BCUT2D eigenvalue weighted by Gasteiger charge is -2.11. The molecule has 2 aromatic carbocycles. The zero-order chi connectivity index (χ0) is 15.5. The second-order valence-corrected chi connectivity index (χ2v) is 5.08. The molecule has 0 spiro atoms. The summed E-state index contributed by atoms with van der Waals surface area (Å²) in [5.41, 5.74) is 2.56. The summed E-state index contributed by atoms with van der Waals surface area (Å²) in [5.74, 6) is -0.551. The van der Waals surface area contributed by atoms with Gasteiger partial charge in [-0.15, -0.1) is 11.6 Å². The standard InChI is InChI=1S/C18H12ClF2N/c19-10-18-15(14-6-2-4-8-17(14)21)9-12(11-22-18)13-5-1-3-7-16(13)20/h1-9,11H,10H2. The number of hydrogen-bond acceptors (Lipinski definition) is 1. The molecule has 1 heterocycles. The average molecular weight is 316 g/mol. The predicted octanol–water partition coefficient (Wildman–Crippen LogP) is 5.43. The van der Waals surface area contributed by atoms with Crippen molar-refractivity contribution in [3.63, 3.8) is 0 Å². The monoisotopic (exact) mass is 315 g/mol. The van der Waals surface area contributed by atoms with E-state index in [1.54, 1.807) is 48.7 Å². The van der Waals surface area contributed by atoms with Crippen molar-refractivity contribution >= 4 is 11.6 Å². The van der Waals surface area contributed by atoms with E-state index in [0.29, 0.717) is 27.9 Å². The Bertz CT molecular complexity index is 818. The number of rotatable bonds is 3. The summed E-state index contributed by atoms with van der Waals surface area (Å²) in [6, 6.07) is 14.5. The number of hydrogen-bond donors (Lipinski definition) is 0. The molecule has 0 atom stereocenters. The Morgan fingerprint density at radius 2 is 1.41 bits per heavy atom. The maximum atomic E-state index is 14.1. The molecule has 0 saturated carbocycles. The Morgan fingerprint density at radius 1 is 0.818 bits per heavy atom. The van der Waals surface area contributed by atoms with Gasteiger partial charge >= 0.3 is 0 Å². The minimum Gasteiger partial charge on any atom is -0.259 e. The molecule has 0 fully saturated rings. The molecular weight excluding hydrogens is 304 g/mol. The van der Waals surface area contributed by atoms with E-state index in [9.17, 15) is 8.78 Å². The number of nitrogens with zero attached hydrogens (tertiary/aromatic N) is 1. The fourth-order valence-corrected chi connectivity index (χ4v) is 2.57. The zero-order valence-corrected chi connectivity index (χ0v) is 12.3. The first-order valence-corrected chi connectivity index (χ1v) is 7.29. The molecule has 0 radical (unpaired) electrons. The SMILES string of the molecule is Fc1ccccc1-c1cnc(CCl)c(-c2ccccc2F)c1. The smallest absolute Gasteiger partial charge is 0.131 e. The molecule has 0 aliphatic rings. The average Bonchev–Trinajstić information content (AvgIpc) is 2.55. The maximum Gasteiger partial charge on any atom is 0.131 e. The number of aromatic nitrogens is 1. The molecule has 110 valence electrons. The van der Waals surface area contributed by atoms with Crippen molar-refractivity contribution in [2.24, 2.45) is 0 Å². The topological polar surface area (TPSA) is 12.9 Å². The minimum absolute atomic E-state index is 0.154. The van der Waals surface area contributed by atoms with Crippen LogP contribution >= 0.6 is 11.6 Å². The highest BCUT2D eigenvalue weighted by molar-refractivity contribution is 6.17. The van der Waals surface area contributed by atoms with Gasteiger partial charge < -0.3 is 0 Å². The first-order chi connectivity index (χ1) is 10.7. The van der Waals surface area contributed by atoms with E-state index in [4.69, 9.17) is 11.6 Å². The van der Waals surface area contributed by atoms with Crippen molar-refractivity contribution in [3.8, 4) is 22.3 Å². The summed E-state index contributed by atoms with van der Waals surface area (Å²) in [5, 5.41) is 0. The van der Waals surface area contributed by atoms with Gasteiger partial charge in [-0.1, -0.05) is 36.4 Å². The molecular formula is C18H12ClF2N. The summed E-state index contributed by atoms with van der Waals surface area (Å²) in [7, 11) is 0. The van der Waals surface area contributed by atoms with Crippen molar-refractivity contribution in [2.75, 3.05) is 0 Å². The summed E-state index contributed by atoms with van der Waals surface area (Å²) in [4.78, 5) is 4.27. The van der Waals surface area contributed by atoms with Crippen LogP contribution in [0.4, 0.5) is 8.78 Å². The van der Waals surface area contributed by atoms with Gasteiger partial charge in [0, 0.05) is 28.5 Å². The van der Waals surface area contributed by atoms with Gasteiger partial charge in [0.2, 0.25) is 0 Å². The second-order valence-electron chi connectivity index (χ2n) is 4.81. The van der Waals surface area contributed by atoms with Gasteiger partial charge in [0.15, 0.2) is 0 Å². The van der Waals surface area contributed by atoms with Gasteiger partial charge in [0.25, 0.3) is 0 Å². The van der Waals surface area contributed by atoms with Gasteiger partial charge in [0.05, 0.1) is 11.6 Å². The molecule has 0 aliphatic heterocycles. The summed E-state index contributed by atoms with van der Waals surface area (Å²) >= 11 is 5.90. The molecule has 3 aromatic rings. The van der Waals surface area contributed by atoms with Crippen LogP contribution in [0.5, 0.6) is 0 Å². The van der Waals surface area contributed by atoms with E-state index in [2.05, 4.69) is 4.98 Å². The van der Waals surface area contributed by atoms with Crippen molar-refractivity contribution in [1.82, 2.24) is 4.98 Å². The molecule has 4 heteroatoms. The normalized spacial score (nSPS) is 10.7. The molecule has 1 aromatic heterocycles. The van der Waals surface area contributed by atoms with Gasteiger partial charge in [-0.3, -0.25) is 4.98 Å². The third-order valence-electron chi connectivity index (χ3n) is 3.45. The minimum atomic E-state index is -0.360. The number of pyridine rings is 1. The molecule has 0 bridgehead atoms. The predicted molar refractivity (Wildman–Crippen MR) is 84.6 cm³/mol. The van der Waals surface area contributed by atoms with Crippen molar-refractivity contribution in [1.29, 1.82) is 0 Å². The Kier molecular flexibility index (Phi) is 4.16. The molecule has 0 amide bonds. The van der Waals surface area contributed by atoms with Crippen LogP contribution in [0, 0.1) is 11.6 Å². The number of benzene rings is 2. The molecule has 1 nitrogen and oxygen atoms in total. The van der Waals surface area contributed by atoms with Crippen LogP contribution in [-0.4, -0.2) is 4.98 Å². The van der Waals surface area contributed by atoms with E-state index in [1.807, 2.05) is 0 Å². The van der Waals surface area contributed by atoms with E-state index in [0.717, 1.165) is 0 Å². The van der Waals surface area contributed by atoms with Gasteiger partial charge in [0.1, 0.15) is 11.6 Å². The summed E-state index contributed by atoms with van der Waals surface area (Å²) in [6.07, 6.45) is 1.56. The Balaban J connectivity index is 2.20. The fraction of sp³-hybridized carbons (Fsp3) is 0.0556. The fourth-order valence-electron chi connectivity index (χ4n) is 2.36. The van der Waals surface area contributed by atoms with Crippen molar-refractivity contribution in [2.45, 2.75) is 5.88 Å². The van der Waals surface area contributed by atoms with Gasteiger partial charge in [-0.25, -0.2) is 8.78 Å². The zero-order valence-electron chi connectivity index (χ0n) is 11.6. The largest absolute Gasteiger partial charge is 0.259 e. The lowest BCUT2D eigenvalue weighted by molar-refractivity contribution is 0.631.